The first-order chi connectivity index (χ1) is 22.2. The van der Waals surface area contributed by atoms with Gasteiger partial charge in [-0.15, -0.1) is 11.3 Å². The minimum absolute atomic E-state index is 0.212. The van der Waals surface area contributed by atoms with Crippen LogP contribution in [0.15, 0.2) is 121 Å². The summed E-state index contributed by atoms with van der Waals surface area (Å²) >= 11 is 1.56. The molecular weight excluding hydrogens is 557 g/mol. The van der Waals surface area contributed by atoms with Gasteiger partial charge in [0.1, 0.15) is 10.8 Å². The molecule has 2 heterocycles. The quantitative estimate of drug-likeness (QED) is 0.210. The van der Waals surface area contributed by atoms with E-state index in [2.05, 4.69) is 69.3 Å². The topological polar surface area (TPSA) is 46.0 Å². The number of rotatable bonds is 6. The lowest BCUT2D eigenvalue weighted by atomic mass is 9.89. The molecule has 44 heavy (non-hydrogen) atoms. The molecule has 5 aromatic carbocycles. The first-order valence-corrected chi connectivity index (χ1v) is 15.4. The number of nitrogens with zero attached hydrogens (tertiary/aromatic N) is 2. The van der Waals surface area contributed by atoms with Crippen LogP contribution in [0.5, 0.6) is 5.75 Å². The summed E-state index contributed by atoms with van der Waals surface area (Å²) in [5.74, 6) is 0.212. The predicted octanol–water partition coefficient (Wildman–Crippen LogP) is 10.6. The van der Waals surface area contributed by atoms with E-state index in [1.165, 1.54) is 22.3 Å². The van der Waals surface area contributed by atoms with Gasteiger partial charge in [0.25, 0.3) is 0 Å². The van der Waals surface area contributed by atoms with E-state index in [9.17, 15) is 5.11 Å². The van der Waals surface area contributed by atoms with E-state index in [0.717, 1.165) is 48.7 Å². The molecule has 0 radical (unpaired) electrons. The second-order valence-corrected chi connectivity index (χ2v) is 12.2. The van der Waals surface area contributed by atoms with E-state index in [1.807, 2.05) is 48.5 Å². The lowest BCUT2D eigenvalue weighted by Gasteiger charge is -2.16. The first-order valence-electron chi connectivity index (χ1n) is 15.6. The van der Waals surface area contributed by atoms with Gasteiger partial charge in [-0.25, -0.2) is 4.98 Å². The number of phenols is 1. The molecule has 3 nitrogen and oxygen atoms in total. The Morgan fingerprint density at radius 1 is 0.682 bits per heavy atom. The van der Waals surface area contributed by atoms with Crippen LogP contribution >= 0.6 is 11.3 Å². The number of benzene rings is 5. The maximum absolute atomic E-state index is 10.5. The van der Waals surface area contributed by atoms with Crippen molar-refractivity contribution in [3.8, 4) is 49.8 Å². The molecule has 0 aliphatic carbocycles. The normalized spacial score (nSPS) is 12.2. The first kappa shape index (κ1) is 25.4. The monoisotopic (exact) mass is 590 g/mol. The van der Waals surface area contributed by atoms with E-state index in [0.29, 0.717) is 11.1 Å². The van der Waals surface area contributed by atoms with Crippen LogP contribution in [0.3, 0.4) is 0 Å². The van der Waals surface area contributed by atoms with Crippen LogP contribution in [-0.4, -0.2) is 15.1 Å². The Labute approximate surface area is 265 Å². The van der Waals surface area contributed by atoms with Crippen molar-refractivity contribution in [3.63, 3.8) is 0 Å². The number of hydrogen-bond donors (Lipinski definition) is 1. The molecule has 7 aromatic rings. The molecule has 7 rings (SSSR count). The second-order valence-electron chi connectivity index (χ2n) is 11.2. The zero-order valence-electron chi connectivity index (χ0n) is 26.8. The number of fused-ring (bicyclic) bond motifs is 1. The van der Waals surface area contributed by atoms with E-state index in [1.54, 1.807) is 35.7 Å². The highest BCUT2D eigenvalue weighted by Gasteiger charge is 2.17. The molecule has 0 amide bonds. The summed E-state index contributed by atoms with van der Waals surface area (Å²) in [6.07, 6.45) is -0.0160. The fourth-order valence-electron chi connectivity index (χ4n) is 5.99. The highest BCUT2D eigenvalue weighted by molar-refractivity contribution is 7.21. The molecule has 2 aromatic heterocycles. The Balaban J connectivity index is 1.39. The fourth-order valence-corrected chi connectivity index (χ4v) is 7.02. The van der Waals surface area contributed by atoms with Crippen molar-refractivity contribution in [1.29, 1.82) is 0 Å². The molecule has 0 bridgehead atoms. The number of phenolic OH excluding ortho intramolecular Hbond substituents is 1. The number of aromatic hydroxyl groups is 1. The van der Waals surface area contributed by atoms with Crippen LogP contribution in [0.4, 0.5) is 0 Å². The lowest BCUT2D eigenvalue weighted by Crippen LogP contribution is -1.94. The van der Waals surface area contributed by atoms with Gasteiger partial charge in [-0.2, -0.15) is 0 Å². The van der Waals surface area contributed by atoms with Gasteiger partial charge in [-0.3, -0.25) is 4.98 Å². The number of thiazole rings is 1. The molecule has 4 heteroatoms. The van der Waals surface area contributed by atoms with Crippen molar-refractivity contribution in [2.45, 2.75) is 27.1 Å². The van der Waals surface area contributed by atoms with E-state index in [-0.39, 0.29) is 5.75 Å². The third kappa shape index (κ3) is 5.41. The van der Waals surface area contributed by atoms with Crippen LogP contribution in [0.1, 0.15) is 30.6 Å². The van der Waals surface area contributed by atoms with Crippen LogP contribution < -0.4 is 0 Å². The number of hydrogen-bond acceptors (Lipinski definition) is 4. The van der Waals surface area contributed by atoms with Gasteiger partial charge in [-0.1, -0.05) is 78.4 Å². The van der Waals surface area contributed by atoms with Crippen molar-refractivity contribution in [2.75, 3.05) is 0 Å². The Hall–Kier alpha value is -5.06. The smallest absolute Gasteiger partial charge is 0.128 e. The van der Waals surface area contributed by atoms with Crippen LogP contribution in [0.25, 0.3) is 54.3 Å². The predicted molar refractivity (Wildman–Crippen MR) is 184 cm³/mol. The third-order valence-electron chi connectivity index (χ3n) is 7.88. The van der Waals surface area contributed by atoms with Crippen molar-refractivity contribution < 1.29 is 7.85 Å². The van der Waals surface area contributed by atoms with E-state index >= 15 is 0 Å². The number of aromatic nitrogens is 2. The lowest BCUT2D eigenvalue weighted by molar-refractivity contribution is 0.477. The summed E-state index contributed by atoms with van der Waals surface area (Å²) in [5, 5.41) is 11.3. The molecule has 0 aliphatic heterocycles. The Morgan fingerprint density at radius 3 is 2.14 bits per heavy atom. The highest BCUT2D eigenvalue weighted by Crippen LogP contribution is 2.41. The minimum atomic E-state index is -1.67. The van der Waals surface area contributed by atoms with Gasteiger partial charge in [0.15, 0.2) is 0 Å². The minimum Gasteiger partial charge on any atom is -0.507 e. The van der Waals surface area contributed by atoms with Gasteiger partial charge in [0.2, 0.25) is 0 Å². The second kappa shape index (κ2) is 11.6. The van der Waals surface area contributed by atoms with Gasteiger partial charge < -0.3 is 5.11 Å². The molecule has 0 saturated heterocycles. The summed E-state index contributed by atoms with van der Waals surface area (Å²) in [6, 6.07) is 37.5. The maximum atomic E-state index is 10.5. The molecule has 0 atom stereocenters. The summed E-state index contributed by atoms with van der Waals surface area (Å²) in [6.45, 7) is 6.43. The van der Waals surface area contributed by atoms with Gasteiger partial charge in [0.05, 0.1) is 21.5 Å². The Kier molecular flexibility index (Phi) is 6.68. The van der Waals surface area contributed by atoms with E-state index in [4.69, 9.17) is 12.7 Å². The maximum Gasteiger partial charge on any atom is 0.128 e. The molecule has 1 N–H and O–H groups in total. The SMILES string of the molecule is [2H]C([2H])(c1ccccc1)c1ccc(-c2cc(-c3c(C)cc(C)cc3C)cc(-c3cccc4sc(-c5ccccc5O)nc34)c2)nc1. The number of pyridine rings is 1. The van der Waals surface area contributed by atoms with Gasteiger partial charge in [0, 0.05) is 20.1 Å². The average Bonchev–Trinajstić information content (AvgIpc) is 3.49. The van der Waals surface area contributed by atoms with Crippen molar-refractivity contribution in [1.82, 2.24) is 9.97 Å². The van der Waals surface area contributed by atoms with Crippen LogP contribution in [0, 0.1) is 20.8 Å². The molecular formula is C40H32N2OS. The largest absolute Gasteiger partial charge is 0.507 e. The van der Waals surface area contributed by atoms with Gasteiger partial charge >= 0.3 is 0 Å². The Bertz CT molecular complexity index is 2200. The molecule has 0 unspecified atom stereocenters. The van der Waals surface area contributed by atoms with Crippen molar-refractivity contribution in [3.05, 3.63) is 149 Å². The van der Waals surface area contributed by atoms with E-state index < -0.39 is 6.37 Å². The summed E-state index contributed by atoms with van der Waals surface area (Å²) in [5.41, 5.74) is 12.3. The highest BCUT2D eigenvalue weighted by atomic mass is 32.1. The molecule has 0 saturated carbocycles. The number of aryl methyl sites for hydroxylation is 3. The summed E-state index contributed by atoms with van der Waals surface area (Å²) in [4.78, 5) is 9.84. The zero-order valence-corrected chi connectivity index (χ0v) is 25.6. The molecule has 0 aliphatic rings. The van der Waals surface area contributed by atoms with Crippen LogP contribution in [-0.2, 0) is 6.37 Å². The summed E-state index contributed by atoms with van der Waals surface area (Å²) in [7, 11) is 0. The summed E-state index contributed by atoms with van der Waals surface area (Å²) < 4.78 is 18.6. The fraction of sp³-hybridized carbons (Fsp3) is 0.100. The zero-order chi connectivity index (χ0) is 32.0. The van der Waals surface area contributed by atoms with Crippen molar-refractivity contribution in [2.24, 2.45) is 0 Å². The molecule has 0 spiro atoms. The average molecular weight is 591 g/mol. The van der Waals surface area contributed by atoms with Crippen molar-refractivity contribution >= 4 is 21.6 Å². The molecule has 214 valence electrons. The standard InChI is InChI=1S/C40H32N2OS/c1-25-18-26(2)38(27(3)19-25)32-22-30(21-31(23-32)35-17-16-29(24-41-35)20-28-10-5-4-6-11-28)33-13-9-15-37-39(33)42-40(44-37)34-12-7-8-14-36(34)43/h4-19,21-24,43H,20H2,1-3H3/i20D2. The molecule has 0 fully saturated rings. The van der Waals surface area contributed by atoms with Crippen LogP contribution in [0.2, 0.25) is 0 Å². The van der Waals surface area contributed by atoms with Gasteiger partial charge in [-0.05, 0) is 109 Å². The number of para-hydroxylation sites is 2. The Morgan fingerprint density at radius 2 is 1.39 bits per heavy atom. The third-order valence-corrected chi connectivity index (χ3v) is 8.94.